The molecule has 0 spiro atoms. The van der Waals surface area contributed by atoms with E-state index in [0.717, 1.165) is 5.56 Å². The van der Waals surface area contributed by atoms with Crippen LogP contribution >= 0.6 is 0 Å². The molecule has 1 aromatic carbocycles. The number of aliphatic imine (C=N–C) groups is 1. The van der Waals surface area contributed by atoms with Crippen LogP contribution in [0.5, 0.6) is 0 Å². The molecule has 15 heavy (non-hydrogen) atoms. The van der Waals surface area contributed by atoms with Crippen LogP contribution < -0.4 is 0 Å². The summed E-state index contributed by atoms with van der Waals surface area (Å²) in [4.78, 5) is 16.4. The van der Waals surface area contributed by atoms with E-state index in [4.69, 9.17) is 0 Å². The Kier molecular flexibility index (Phi) is 2.67. The molecule has 0 bridgehead atoms. The lowest BCUT2D eigenvalue weighted by atomic mass is 9.86. The highest BCUT2D eigenvalue weighted by Gasteiger charge is 2.31. The van der Waals surface area contributed by atoms with Gasteiger partial charge in [-0.15, -0.1) is 0 Å². The lowest BCUT2D eigenvalue weighted by Gasteiger charge is -2.15. The summed E-state index contributed by atoms with van der Waals surface area (Å²) in [5.41, 5.74) is 0.787. The van der Waals surface area contributed by atoms with Crippen molar-refractivity contribution >= 4 is 12.0 Å². The van der Waals surface area contributed by atoms with Crippen LogP contribution in [0, 0.1) is 11.8 Å². The first-order valence-electron chi connectivity index (χ1n) is 5.32. The molecule has 1 aromatic rings. The predicted molar refractivity (Wildman–Crippen MR) is 61.4 cm³/mol. The van der Waals surface area contributed by atoms with Crippen LogP contribution in [0.2, 0.25) is 0 Å². The van der Waals surface area contributed by atoms with Gasteiger partial charge in [0.1, 0.15) is 0 Å². The molecule has 0 saturated heterocycles. The van der Waals surface area contributed by atoms with Crippen molar-refractivity contribution in [2.75, 3.05) is 0 Å². The largest absolute Gasteiger partial charge is 0.293 e. The van der Waals surface area contributed by atoms with Gasteiger partial charge in [0.15, 0.2) is 5.78 Å². The summed E-state index contributed by atoms with van der Waals surface area (Å²) in [5.74, 6) is 0.469. The van der Waals surface area contributed by atoms with Gasteiger partial charge in [-0.25, -0.2) is 0 Å². The SMILES string of the molecule is CC1N=CC(C(=O)c2ccccc2)C1C. The number of ketones is 1. The molecule has 0 aromatic heterocycles. The van der Waals surface area contributed by atoms with E-state index in [0.29, 0.717) is 5.92 Å². The molecule has 78 valence electrons. The van der Waals surface area contributed by atoms with E-state index in [1.54, 1.807) is 0 Å². The maximum absolute atomic E-state index is 12.1. The van der Waals surface area contributed by atoms with Gasteiger partial charge in [-0.2, -0.15) is 0 Å². The van der Waals surface area contributed by atoms with E-state index >= 15 is 0 Å². The smallest absolute Gasteiger partial charge is 0.171 e. The molecule has 0 amide bonds. The van der Waals surface area contributed by atoms with Gasteiger partial charge in [0, 0.05) is 11.8 Å². The van der Waals surface area contributed by atoms with Crippen LogP contribution in [-0.2, 0) is 0 Å². The molecule has 3 unspecified atom stereocenters. The minimum Gasteiger partial charge on any atom is -0.293 e. The maximum Gasteiger partial charge on any atom is 0.171 e. The minimum atomic E-state index is -0.0394. The van der Waals surface area contributed by atoms with E-state index in [9.17, 15) is 4.79 Å². The standard InChI is InChI=1S/C13H15NO/c1-9-10(2)14-8-12(9)13(15)11-6-4-3-5-7-11/h3-10,12H,1-2H3. The van der Waals surface area contributed by atoms with E-state index in [-0.39, 0.29) is 17.7 Å². The Morgan fingerprint density at radius 3 is 2.40 bits per heavy atom. The van der Waals surface area contributed by atoms with Crippen LogP contribution in [0.1, 0.15) is 24.2 Å². The fourth-order valence-corrected chi connectivity index (χ4v) is 1.90. The topological polar surface area (TPSA) is 29.4 Å². The van der Waals surface area contributed by atoms with Crippen LogP contribution in [-0.4, -0.2) is 18.0 Å². The number of Topliss-reactive ketones (excluding diaryl/α,β-unsaturated/α-hetero) is 1. The highest BCUT2D eigenvalue weighted by molar-refractivity contribution is 6.07. The number of carbonyl (C=O) groups is 1. The first kappa shape index (κ1) is 10.1. The monoisotopic (exact) mass is 201 g/mol. The van der Waals surface area contributed by atoms with Crippen molar-refractivity contribution in [2.24, 2.45) is 16.8 Å². The molecule has 0 saturated carbocycles. The Balaban J connectivity index is 2.20. The summed E-state index contributed by atoms with van der Waals surface area (Å²) >= 11 is 0. The third kappa shape index (κ3) is 1.84. The average Bonchev–Trinajstić information content (AvgIpc) is 2.60. The zero-order valence-electron chi connectivity index (χ0n) is 9.05. The summed E-state index contributed by atoms with van der Waals surface area (Å²) in [6.07, 6.45) is 1.81. The van der Waals surface area contributed by atoms with Gasteiger partial charge >= 0.3 is 0 Å². The normalized spacial score (nSPS) is 29.3. The third-order valence-electron chi connectivity index (χ3n) is 3.17. The molecular formula is C13H15NO. The summed E-state index contributed by atoms with van der Waals surface area (Å²) in [7, 11) is 0. The molecule has 0 aliphatic carbocycles. The van der Waals surface area contributed by atoms with E-state index in [1.165, 1.54) is 0 Å². The summed E-state index contributed by atoms with van der Waals surface area (Å²) in [6.45, 7) is 4.14. The molecule has 3 atom stereocenters. The van der Waals surface area contributed by atoms with Gasteiger partial charge in [-0.3, -0.25) is 9.79 Å². The molecule has 1 heterocycles. The minimum absolute atomic E-state index is 0.0394. The first-order valence-corrected chi connectivity index (χ1v) is 5.32. The van der Waals surface area contributed by atoms with Gasteiger partial charge in [0.05, 0.1) is 12.0 Å². The Morgan fingerprint density at radius 2 is 1.87 bits per heavy atom. The van der Waals surface area contributed by atoms with Gasteiger partial charge < -0.3 is 0 Å². The molecular weight excluding hydrogens is 186 g/mol. The van der Waals surface area contributed by atoms with Crippen molar-refractivity contribution in [3.8, 4) is 0 Å². The zero-order chi connectivity index (χ0) is 10.8. The lowest BCUT2D eigenvalue weighted by molar-refractivity contribution is 0.0930. The third-order valence-corrected chi connectivity index (χ3v) is 3.17. The Hall–Kier alpha value is -1.44. The van der Waals surface area contributed by atoms with Crippen molar-refractivity contribution in [3.63, 3.8) is 0 Å². The highest BCUT2D eigenvalue weighted by atomic mass is 16.1. The van der Waals surface area contributed by atoms with Crippen LogP contribution in [0.15, 0.2) is 35.3 Å². The van der Waals surface area contributed by atoms with Crippen LogP contribution in [0.25, 0.3) is 0 Å². The van der Waals surface area contributed by atoms with Crippen molar-refractivity contribution in [2.45, 2.75) is 19.9 Å². The molecule has 2 nitrogen and oxygen atoms in total. The summed E-state index contributed by atoms with van der Waals surface area (Å²) < 4.78 is 0. The van der Waals surface area contributed by atoms with Crippen molar-refractivity contribution < 1.29 is 4.79 Å². The summed E-state index contributed by atoms with van der Waals surface area (Å²) in [6, 6.07) is 9.71. The fraction of sp³-hybridized carbons (Fsp3) is 0.385. The number of rotatable bonds is 2. The molecule has 2 rings (SSSR count). The first-order chi connectivity index (χ1) is 7.20. The van der Waals surface area contributed by atoms with Gasteiger partial charge in [0.2, 0.25) is 0 Å². The summed E-state index contributed by atoms with van der Waals surface area (Å²) in [5, 5.41) is 0. The number of nitrogens with zero attached hydrogens (tertiary/aromatic N) is 1. The zero-order valence-corrected chi connectivity index (χ0v) is 9.05. The second-order valence-electron chi connectivity index (χ2n) is 4.15. The van der Waals surface area contributed by atoms with Crippen LogP contribution in [0.3, 0.4) is 0 Å². The Bertz CT molecular complexity index is 383. The molecule has 1 aliphatic heterocycles. The van der Waals surface area contributed by atoms with Crippen molar-refractivity contribution in [3.05, 3.63) is 35.9 Å². The number of hydrogen-bond acceptors (Lipinski definition) is 2. The van der Waals surface area contributed by atoms with Gasteiger partial charge in [-0.1, -0.05) is 37.3 Å². The number of hydrogen-bond donors (Lipinski definition) is 0. The highest BCUT2D eigenvalue weighted by Crippen LogP contribution is 2.25. The van der Waals surface area contributed by atoms with Crippen molar-refractivity contribution in [1.82, 2.24) is 0 Å². The average molecular weight is 201 g/mol. The second kappa shape index (κ2) is 3.97. The number of carbonyl (C=O) groups excluding carboxylic acids is 1. The lowest BCUT2D eigenvalue weighted by Crippen LogP contribution is -2.23. The van der Waals surface area contributed by atoms with E-state index in [1.807, 2.05) is 36.5 Å². The molecule has 1 aliphatic rings. The van der Waals surface area contributed by atoms with E-state index in [2.05, 4.69) is 18.8 Å². The van der Waals surface area contributed by atoms with E-state index < -0.39 is 0 Å². The molecule has 0 fully saturated rings. The van der Waals surface area contributed by atoms with Crippen LogP contribution in [0.4, 0.5) is 0 Å². The number of benzene rings is 1. The predicted octanol–water partition coefficient (Wildman–Crippen LogP) is 2.59. The van der Waals surface area contributed by atoms with Gasteiger partial charge in [-0.05, 0) is 12.8 Å². The molecule has 0 N–H and O–H groups in total. The molecule has 2 heteroatoms. The quantitative estimate of drug-likeness (QED) is 0.676. The fourth-order valence-electron chi connectivity index (χ4n) is 1.90. The maximum atomic E-state index is 12.1. The Morgan fingerprint density at radius 1 is 1.20 bits per heavy atom. The Labute approximate surface area is 90.0 Å². The molecule has 0 radical (unpaired) electrons. The van der Waals surface area contributed by atoms with Gasteiger partial charge in [0.25, 0.3) is 0 Å². The second-order valence-corrected chi connectivity index (χ2v) is 4.15. The van der Waals surface area contributed by atoms with Crippen molar-refractivity contribution in [1.29, 1.82) is 0 Å².